The predicted molar refractivity (Wildman–Crippen MR) is 51.3 cm³/mol. The van der Waals surface area contributed by atoms with Gasteiger partial charge in [0.15, 0.2) is 0 Å². The number of alkyl halides is 3. The molecule has 1 heterocycles. The van der Waals surface area contributed by atoms with Crippen molar-refractivity contribution in [3.8, 4) is 0 Å². The first kappa shape index (κ1) is 12.0. The molecule has 15 heavy (non-hydrogen) atoms. The Balaban J connectivity index is 3.31. The lowest BCUT2D eigenvalue weighted by Gasteiger charge is -2.26. The van der Waals surface area contributed by atoms with Crippen LogP contribution in [0.2, 0.25) is 0 Å². The van der Waals surface area contributed by atoms with Crippen LogP contribution in [0.15, 0.2) is 18.3 Å². The highest BCUT2D eigenvalue weighted by Gasteiger charge is 2.37. The van der Waals surface area contributed by atoms with E-state index in [0.29, 0.717) is 0 Å². The lowest BCUT2D eigenvalue weighted by atomic mass is 9.95. The number of hydrogen-bond acceptors (Lipinski definition) is 2. The molecule has 0 bridgehead atoms. The molecule has 1 aromatic heterocycles. The van der Waals surface area contributed by atoms with Crippen LogP contribution in [0.5, 0.6) is 0 Å². The molecule has 0 saturated heterocycles. The monoisotopic (exact) mass is 218 g/mol. The molecule has 0 fully saturated rings. The molecule has 0 unspecified atom stereocenters. The number of hydrogen-bond donors (Lipinski definition) is 1. The van der Waals surface area contributed by atoms with E-state index < -0.39 is 17.3 Å². The van der Waals surface area contributed by atoms with Gasteiger partial charge in [-0.05, 0) is 33.0 Å². The van der Waals surface area contributed by atoms with Gasteiger partial charge in [-0.15, -0.1) is 0 Å². The molecule has 0 aliphatic rings. The smallest absolute Gasteiger partial charge is 0.310 e. The lowest BCUT2D eigenvalue weighted by Crippen LogP contribution is -2.36. The lowest BCUT2D eigenvalue weighted by molar-refractivity contribution is -0.139. The molecule has 1 N–H and O–H groups in total. The van der Waals surface area contributed by atoms with E-state index in [0.717, 1.165) is 6.07 Å². The molecule has 0 spiro atoms. The quantitative estimate of drug-likeness (QED) is 0.825. The third-order valence-corrected chi connectivity index (χ3v) is 2.33. The van der Waals surface area contributed by atoms with Crippen LogP contribution in [-0.4, -0.2) is 12.0 Å². The van der Waals surface area contributed by atoms with Crippen LogP contribution in [-0.2, 0) is 11.7 Å². The highest BCUT2D eigenvalue weighted by atomic mass is 19.4. The first-order valence-corrected chi connectivity index (χ1v) is 4.50. The Labute approximate surface area is 86.5 Å². The standard InChI is InChI=1S/C10H13F3N2/c1-9(2,14-3)8-7(10(11,12)13)5-4-6-15-8/h4-6,14H,1-3H3. The summed E-state index contributed by atoms with van der Waals surface area (Å²) >= 11 is 0. The fourth-order valence-electron chi connectivity index (χ4n) is 1.25. The summed E-state index contributed by atoms with van der Waals surface area (Å²) in [6.07, 6.45) is -3.00. The maximum absolute atomic E-state index is 12.6. The topological polar surface area (TPSA) is 24.9 Å². The number of nitrogens with zero attached hydrogens (tertiary/aromatic N) is 1. The Bertz CT molecular complexity index is 345. The fourth-order valence-corrected chi connectivity index (χ4v) is 1.25. The van der Waals surface area contributed by atoms with Gasteiger partial charge in [-0.3, -0.25) is 4.98 Å². The summed E-state index contributed by atoms with van der Waals surface area (Å²) in [5.41, 5.74) is -1.48. The highest BCUT2D eigenvalue weighted by molar-refractivity contribution is 5.28. The largest absolute Gasteiger partial charge is 0.418 e. The van der Waals surface area contributed by atoms with Crippen LogP contribution in [0.3, 0.4) is 0 Å². The van der Waals surface area contributed by atoms with Gasteiger partial charge >= 0.3 is 6.18 Å². The number of halogens is 3. The summed E-state index contributed by atoms with van der Waals surface area (Å²) in [6.45, 7) is 3.31. The Kier molecular flexibility index (Phi) is 3.04. The molecule has 0 aromatic carbocycles. The van der Waals surface area contributed by atoms with Crippen molar-refractivity contribution in [3.05, 3.63) is 29.6 Å². The summed E-state index contributed by atoms with van der Waals surface area (Å²) < 4.78 is 37.9. The minimum atomic E-state index is -4.36. The maximum Gasteiger partial charge on any atom is 0.418 e. The molecule has 0 radical (unpaired) electrons. The third-order valence-electron chi connectivity index (χ3n) is 2.33. The van der Waals surface area contributed by atoms with Crippen molar-refractivity contribution in [2.24, 2.45) is 0 Å². The summed E-state index contributed by atoms with van der Waals surface area (Å²) in [5.74, 6) is 0. The molecule has 0 aliphatic heterocycles. The van der Waals surface area contributed by atoms with E-state index in [9.17, 15) is 13.2 Å². The van der Waals surface area contributed by atoms with Crippen molar-refractivity contribution in [1.29, 1.82) is 0 Å². The predicted octanol–water partition coefficient (Wildman–Crippen LogP) is 2.55. The zero-order valence-corrected chi connectivity index (χ0v) is 8.81. The Morgan fingerprint density at radius 1 is 1.27 bits per heavy atom. The van der Waals surface area contributed by atoms with E-state index in [1.54, 1.807) is 20.9 Å². The number of pyridine rings is 1. The molecule has 2 nitrogen and oxygen atoms in total. The summed E-state index contributed by atoms with van der Waals surface area (Å²) in [4.78, 5) is 3.81. The van der Waals surface area contributed by atoms with Gasteiger partial charge in [0.2, 0.25) is 0 Å². The summed E-state index contributed by atoms with van der Waals surface area (Å²) in [6, 6.07) is 2.33. The average molecular weight is 218 g/mol. The van der Waals surface area contributed by atoms with E-state index in [1.165, 1.54) is 12.3 Å². The van der Waals surface area contributed by atoms with Gasteiger partial charge in [-0.1, -0.05) is 0 Å². The van der Waals surface area contributed by atoms with Gasteiger partial charge in [0.25, 0.3) is 0 Å². The number of rotatable bonds is 2. The first-order chi connectivity index (χ1) is 6.79. The van der Waals surface area contributed by atoms with Crippen molar-refractivity contribution in [2.75, 3.05) is 7.05 Å². The summed E-state index contributed by atoms with van der Waals surface area (Å²) in [5, 5.41) is 2.81. The second kappa shape index (κ2) is 3.81. The Morgan fingerprint density at radius 2 is 1.87 bits per heavy atom. The Morgan fingerprint density at radius 3 is 2.33 bits per heavy atom. The fraction of sp³-hybridized carbons (Fsp3) is 0.500. The zero-order valence-electron chi connectivity index (χ0n) is 8.81. The van der Waals surface area contributed by atoms with Crippen LogP contribution < -0.4 is 5.32 Å². The van der Waals surface area contributed by atoms with Crippen LogP contribution >= 0.6 is 0 Å². The van der Waals surface area contributed by atoms with Crippen LogP contribution in [0.25, 0.3) is 0 Å². The van der Waals surface area contributed by atoms with Crippen molar-refractivity contribution < 1.29 is 13.2 Å². The minimum Gasteiger partial charge on any atom is -0.310 e. The van der Waals surface area contributed by atoms with E-state index in [4.69, 9.17) is 0 Å². The van der Waals surface area contributed by atoms with Gasteiger partial charge in [0.05, 0.1) is 16.8 Å². The van der Waals surface area contributed by atoms with Gasteiger partial charge in [-0.2, -0.15) is 13.2 Å². The molecular weight excluding hydrogens is 205 g/mol. The molecule has 0 aliphatic carbocycles. The normalized spacial score (nSPS) is 12.9. The molecule has 0 saturated carbocycles. The van der Waals surface area contributed by atoms with Crippen LogP contribution in [0, 0.1) is 0 Å². The van der Waals surface area contributed by atoms with Crippen molar-refractivity contribution in [2.45, 2.75) is 25.6 Å². The Hall–Kier alpha value is -1.10. The molecule has 1 rings (SSSR count). The van der Waals surface area contributed by atoms with Crippen molar-refractivity contribution >= 4 is 0 Å². The minimum absolute atomic E-state index is 0.0139. The van der Waals surface area contributed by atoms with Crippen molar-refractivity contribution in [1.82, 2.24) is 10.3 Å². The highest BCUT2D eigenvalue weighted by Crippen LogP contribution is 2.34. The molecule has 84 valence electrons. The van der Waals surface area contributed by atoms with Gasteiger partial charge in [0, 0.05) is 6.20 Å². The van der Waals surface area contributed by atoms with Gasteiger partial charge in [0.1, 0.15) is 0 Å². The first-order valence-electron chi connectivity index (χ1n) is 4.50. The number of aromatic nitrogens is 1. The van der Waals surface area contributed by atoms with E-state index >= 15 is 0 Å². The van der Waals surface area contributed by atoms with Gasteiger partial charge < -0.3 is 5.32 Å². The zero-order chi connectivity index (χ0) is 11.7. The maximum atomic E-state index is 12.6. The SMILES string of the molecule is CNC(C)(C)c1ncccc1C(F)(F)F. The van der Waals surface area contributed by atoms with Crippen LogP contribution in [0.4, 0.5) is 13.2 Å². The van der Waals surface area contributed by atoms with Crippen LogP contribution in [0.1, 0.15) is 25.1 Å². The molecular formula is C10H13F3N2. The van der Waals surface area contributed by atoms with Gasteiger partial charge in [-0.25, -0.2) is 0 Å². The molecule has 0 atom stereocenters. The summed E-state index contributed by atoms with van der Waals surface area (Å²) in [7, 11) is 1.61. The van der Waals surface area contributed by atoms with Crippen molar-refractivity contribution in [3.63, 3.8) is 0 Å². The second-order valence-corrected chi connectivity index (χ2v) is 3.77. The number of nitrogens with one attached hydrogen (secondary N) is 1. The molecule has 5 heteroatoms. The van der Waals surface area contributed by atoms with E-state index in [1.807, 2.05) is 0 Å². The third kappa shape index (κ3) is 2.47. The second-order valence-electron chi connectivity index (χ2n) is 3.77. The van der Waals surface area contributed by atoms with E-state index in [2.05, 4.69) is 10.3 Å². The van der Waals surface area contributed by atoms with E-state index in [-0.39, 0.29) is 5.69 Å². The average Bonchev–Trinajstić information content (AvgIpc) is 2.16. The molecule has 1 aromatic rings. The molecule has 0 amide bonds.